The molecule has 0 unspecified atom stereocenters. The average Bonchev–Trinajstić information content (AvgIpc) is 2.73. The van der Waals surface area contributed by atoms with Crippen molar-refractivity contribution in [1.82, 2.24) is 10.2 Å². The SMILES string of the molecule is NCCNC(=O)c1ccc(OC2CCN(CCc3ccccc3)CC2)cc1. The lowest BCUT2D eigenvalue weighted by Crippen LogP contribution is -2.39. The van der Waals surface area contributed by atoms with Crippen molar-refractivity contribution in [3.8, 4) is 5.75 Å². The van der Waals surface area contributed by atoms with E-state index in [1.165, 1.54) is 5.56 Å². The third-order valence-corrected chi connectivity index (χ3v) is 4.94. The van der Waals surface area contributed by atoms with E-state index in [-0.39, 0.29) is 12.0 Å². The lowest BCUT2D eigenvalue weighted by Gasteiger charge is -2.32. The molecule has 2 aromatic rings. The summed E-state index contributed by atoms with van der Waals surface area (Å²) in [5.74, 6) is 0.729. The number of carbonyl (C=O) groups excluding carboxylic acids is 1. The first-order valence-corrected chi connectivity index (χ1v) is 9.76. The molecule has 1 heterocycles. The van der Waals surface area contributed by atoms with Gasteiger partial charge in [0.1, 0.15) is 11.9 Å². The molecule has 27 heavy (non-hydrogen) atoms. The van der Waals surface area contributed by atoms with Crippen LogP contribution in [0.15, 0.2) is 54.6 Å². The lowest BCUT2D eigenvalue weighted by molar-refractivity contribution is 0.0954. The van der Waals surface area contributed by atoms with E-state index in [9.17, 15) is 4.79 Å². The Labute approximate surface area is 161 Å². The van der Waals surface area contributed by atoms with Gasteiger partial charge in [-0.15, -0.1) is 0 Å². The van der Waals surface area contributed by atoms with Crippen LogP contribution in [0.4, 0.5) is 0 Å². The van der Waals surface area contributed by atoms with Gasteiger partial charge in [0, 0.05) is 38.3 Å². The normalized spacial score (nSPS) is 15.4. The Bertz CT molecular complexity index is 695. The van der Waals surface area contributed by atoms with E-state index < -0.39 is 0 Å². The second-order valence-electron chi connectivity index (χ2n) is 6.96. The van der Waals surface area contributed by atoms with Crippen LogP contribution in [0.3, 0.4) is 0 Å². The van der Waals surface area contributed by atoms with Crippen molar-refractivity contribution in [2.24, 2.45) is 5.73 Å². The van der Waals surface area contributed by atoms with Crippen LogP contribution >= 0.6 is 0 Å². The highest BCUT2D eigenvalue weighted by Gasteiger charge is 2.20. The fourth-order valence-electron chi connectivity index (χ4n) is 3.35. The predicted octanol–water partition coefficient (Wildman–Crippen LogP) is 2.46. The minimum Gasteiger partial charge on any atom is -0.490 e. The number of nitrogens with two attached hydrogens (primary N) is 1. The topological polar surface area (TPSA) is 67.6 Å². The third-order valence-electron chi connectivity index (χ3n) is 4.94. The Morgan fingerprint density at radius 1 is 1.07 bits per heavy atom. The molecule has 144 valence electrons. The maximum Gasteiger partial charge on any atom is 0.251 e. The van der Waals surface area contributed by atoms with Gasteiger partial charge in [-0.3, -0.25) is 4.79 Å². The molecule has 0 aromatic heterocycles. The summed E-state index contributed by atoms with van der Waals surface area (Å²) >= 11 is 0. The van der Waals surface area contributed by atoms with Crippen molar-refractivity contribution in [3.05, 3.63) is 65.7 Å². The quantitative estimate of drug-likeness (QED) is 0.752. The van der Waals surface area contributed by atoms with Gasteiger partial charge in [-0.2, -0.15) is 0 Å². The molecule has 5 nitrogen and oxygen atoms in total. The molecule has 0 saturated carbocycles. The summed E-state index contributed by atoms with van der Waals surface area (Å²) in [6, 6.07) is 18.0. The fraction of sp³-hybridized carbons (Fsp3) is 0.409. The van der Waals surface area contributed by atoms with Gasteiger partial charge in [0.25, 0.3) is 5.91 Å². The highest BCUT2D eigenvalue weighted by molar-refractivity contribution is 5.94. The van der Waals surface area contributed by atoms with E-state index >= 15 is 0 Å². The molecule has 0 spiro atoms. The molecule has 0 aliphatic carbocycles. The summed E-state index contributed by atoms with van der Waals surface area (Å²) in [5.41, 5.74) is 7.43. The molecule has 1 amide bonds. The molecule has 1 fully saturated rings. The number of carbonyl (C=O) groups is 1. The van der Waals surface area contributed by atoms with Crippen molar-refractivity contribution in [2.75, 3.05) is 32.7 Å². The zero-order valence-electron chi connectivity index (χ0n) is 15.8. The van der Waals surface area contributed by atoms with Crippen LogP contribution in [0.2, 0.25) is 0 Å². The van der Waals surface area contributed by atoms with Crippen molar-refractivity contribution in [2.45, 2.75) is 25.4 Å². The Morgan fingerprint density at radius 3 is 2.44 bits per heavy atom. The minimum atomic E-state index is -0.0984. The van der Waals surface area contributed by atoms with E-state index in [4.69, 9.17) is 10.5 Å². The van der Waals surface area contributed by atoms with Gasteiger partial charge in [0.2, 0.25) is 0 Å². The molecular weight excluding hydrogens is 338 g/mol. The molecule has 0 radical (unpaired) electrons. The van der Waals surface area contributed by atoms with Crippen molar-refractivity contribution >= 4 is 5.91 Å². The maximum absolute atomic E-state index is 11.9. The summed E-state index contributed by atoms with van der Waals surface area (Å²) in [7, 11) is 0. The first kappa shape index (κ1) is 19.4. The second-order valence-corrected chi connectivity index (χ2v) is 6.96. The predicted molar refractivity (Wildman–Crippen MR) is 108 cm³/mol. The van der Waals surface area contributed by atoms with Gasteiger partial charge in [0.05, 0.1) is 0 Å². The summed E-state index contributed by atoms with van der Waals surface area (Å²) in [6.07, 6.45) is 3.41. The number of hydrogen-bond acceptors (Lipinski definition) is 4. The van der Waals surface area contributed by atoms with Crippen molar-refractivity contribution in [3.63, 3.8) is 0 Å². The van der Waals surface area contributed by atoms with Crippen LogP contribution in [0.5, 0.6) is 5.75 Å². The van der Waals surface area contributed by atoms with Gasteiger partial charge in [0.15, 0.2) is 0 Å². The van der Waals surface area contributed by atoms with Crippen molar-refractivity contribution < 1.29 is 9.53 Å². The first-order chi connectivity index (χ1) is 13.2. The summed E-state index contributed by atoms with van der Waals surface area (Å²) < 4.78 is 6.10. The van der Waals surface area contributed by atoms with Crippen LogP contribution < -0.4 is 15.8 Å². The monoisotopic (exact) mass is 367 g/mol. The molecule has 5 heteroatoms. The Hall–Kier alpha value is -2.37. The second kappa shape index (κ2) is 10.1. The summed E-state index contributed by atoms with van der Waals surface area (Å²) in [6.45, 7) is 4.16. The zero-order valence-corrected chi connectivity index (χ0v) is 15.8. The highest BCUT2D eigenvalue weighted by atomic mass is 16.5. The van der Waals surface area contributed by atoms with Crippen LogP contribution in [0.1, 0.15) is 28.8 Å². The summed E-state index contributed by atoms with van der Waals surface area (Å²) in [4.78, 5) is 14.4. The van der Waals surface area contributed by atoms with Crippen LogP contribution in [0.25, 0.3) is 0 Å². The van der Waals surface area contributed by atoms with Crippen LogP contribution in [-0.4, -0.2) is 49.6 Å². The molecule has 1 saturated heterocycles. The number of nitrogens with zero attached hydrogens (tertiary/aromatic N) is 1. The third kappa shape index (κ3) is 6.08. The molecule has 1 aliphatic heterocycles. The average molecular weight is 367 g/mol. The van der Waals surface area contributed by atoms with Gasteiger partial charge in [-0.05, 0) is 49.1 Å². The van der Waals surface area contributed by atoms with Gasteiger partial charge >= 0.3 is 0 Å². The number of hydrogen-bond donors (Lipinski definition) is 2. The van der Waals surface area contributed by atoms with Gasteiger partial charge in [-0.1, -0.05) is 30.3 Å². The smallest absolute Gasteiger partial charge is 0.251 e. The number of rotatable bonds is 8. The van der Waals surface area contributed by atoms with Gasteiger partial charge < -0.3 is 20.7 Å². The Morgan fingerprint density at radius 2 is 1.78 bits per heavy atom. The Kier molecular flexibility index (Phi) is 7.25. The molecule has 3 N–H and O–H groups in total. The van der Waals surface area contributed by atoms with E-state index in [1.54, 1.807) is 12.1 Å². The lowest BCUT2D eigenvalue weighted by atomic mass is 10.1. The largest absolute Gasteiger partial charge is 0.490 e. The van der Waals surface area contributed by atoms with Crippen LogP contribution in [-0.2, 0) is 6.42 Å². The Balaban J connectivity index is 1.40. The zero-order chi connectivity index (χ0) is 18.9. The molecule has 1 aliphatic rings. The van der Waals surface area contributed by atoms with E-state index in [1.807, 2.05) is 12.1 Å². The first-order valence-electron chi connectivity index (χ1n) is 9.76. The summed E-state index contributed by atoms with van der Waals surface area (Å²) in [5, 5.41) is 2.77. The molecular formula is C22H29N3O2. The van der Waals surface area contributed by atoms with Gasteiger partial charge in [-0.25, -0.2) is 0 Å². The highest BCUT2D eigenvalue weighted by Crippen LogP contribution is 2.20. The number of nitrogens with one attached hydrogen (secondary N) is 1. The molecule has 3 rings (SSSR count). The number of likely N-dealkylation sites (tertiary alicyclic amines) is 1. The molecule has 0 atom stereocenters. The standard InChI is InChI=1S/C22H29N3O2/c23-13-14-24-22(26)19-6-8-20(9-7-19)27-21-11-16-25(17-12-21)15-10-18-4-2-1-3-5-18/h1-9,21H,10-17,23H2,(H,24,26). The van der Waals surface area contributed by atoms with E-state index in [0.717, 1.165) is 44.6 Å². The number of amides is 1. The van der Waals surface area contributed by atoms with Crippen molar-refractivity contribution in [1.29, 1.82) is 0 Å². The molecule has 2 aromatic carbocycles. The maximum atomic E-state index is 11.9. The van der Waals surface area contributed by atoms with E-state index in [2.05, 4.69) is 40.5 Å². The number of piperidine rings is 1. The van der Waals surface area contributed by atoms with Crippen LogP contribution in [0, 0.1) is 0 Å². The van der Waals surface area contributed by atoms with E-state index in [0.29, 0.717) is 18.7 Å². The number of ether oxygens (including phenoxy) is 1. The minimum absolute atomic E-state index is 0.0984. The number of benzene rings is 2. The molecule has 0 bridgehead atoms. The fourth-order valence-corrected chi connectivity index (χ4v) is 3.35.